The molecule has 17 heavy (non-hydrogen) atoms. The topological polar surface area (TPSA) is 51.2 Å². The van der Waals surface area contributed by atoms with Crippen LogP contribution in [0.1, 0.15) is 35.9 Å². The highest BCUT2D eigenvalue weighted by atomic mass is 35.5. The third-order valence-corrected chi connectivity index (χ3v) is 4.20. The molecule has 0 bridgehead atoms. The first-order valence-electron chi connectivity index (χ1n) is 5.66. The number of aromatic nitrogens is 1. The summed E-state index contributed by atoms with van der Waals surface area (Å²) in [5.41, 5.74) is 0. The number of thiazole rings is 1. The van der Waals surface area contributed by atoms with Crippen LogP contribution in [-0.2, 0) is 4.74 Å². The van der Waals surface area contributed by atoms with Crippen LogP contribution >= 0.6 is 22.9 Å². The number of hydrogen-bond acceptors (Lipinski definition) is 5. The Balaban J connectivity index is 1.97. The molecule has 0 spiro atoms. The summed E-state index contributed by atoms with van der Waals surface area (Å²) in [5, 5.41) is 4.23. The van der Waals surface area contributed by atoms with Crippen molar-refractivity contribution in [2.24, 2.45) is 5.92 Å². The molecule has 2 atom stereocenters. The Bertz CT molecular complexity index is 422. The van der Waals surface area contributed by atoms with E-state index in [4.69, 9.17) is 11.6 Å². The van der Waals surface area contributed by atoms with Gasteiger partial charge in [0.25, 0.3) is 0 Å². The van der Waals surface area contributed by atoms with E-state index in [1.54, 1.807) is 0 Å². The van der Waals surface area contributed by atoms with Crippen LogP contribution < -0.4 is 5.32 Å². The summed E-state index contributed by atoms with van der Waals surface area (Å²) in [6, 6.07) is 0.489. The minimum atomic E-state index is -0.429. The smallest absolute Gasteiger partial charge is 0.351 e. The third kappa shape index (κ3) is 2.90. The number of methoxy groups -OCH3 is 1. The van der Waals surface area contributed by atoms with Crippen molar-refractivity contribution in [3.05, 3.63) is 10.0 Å². The summed E-state index contributed by atoms with van der Waals surface area (Å²) < 4.78 is 4.63. The van der Waals surface area contributed by atoms with Gasteiger partial charge in [0.1, 0.15) is 0 Å². The van der Waals surface area contributed by atoms with E-state index in [0.29, 0.717) is 16.1 Å². The van der Waals surface area contributed by atoms with Gasteiger partial charge in [0.2, 0.25) is 0 Å². The van der Waals surface area contributed by atoms with E-state index < -0.39 is 5.97 Å². The highest BCUT2D eigenvalue weighted by Gasteiger charge is 2.36. The fraction of sp³-hybridized carbons (Fsp3) is 0.636. The molecule has 1 aliphatic rings. The zero-order chi connectivity index (χ0) is 12.4. The predicted octanol–water partition coefficient (Wildman–Crippen LogP) is 3.18. The molecule has 0 amide bonds. The Kier molecular flexibility index (Phi) is 3.89. The molecular formula is C11H15ClN2O2S. The van der Waals surface area contributed by atoms with Gasteiger partial charge in [-0.05, 0) is 18.8 Å². The summed E-state index contributed by atoms with van der Waals surface area (Å²) >= 11 is 7.13. The van der Waals surface area contributed by atoms with E-state index in [1.165, 1.54) is 37.7 Å². The molecule has 2 rings (SSSR count). The van der Waals surface area contributed by atoms with Crippen LogP contribution in [0.2, 0.25) is 5.15 Å². The molecule has 6 heteroatoms. The van der Waals surface area contributed by atoms with Crippen LogP contribution in [0.3, 0.4) is 0 Å². The Morgan fingerprint density at radius 2 is 2.47 bits per heavy atom. The lowest BCUT2D eigenvalue weighted by molar-refractivity contribution is 0.0606. The number of rotatable bonds is 5. The zero-order valence-electron chi connectivity index (χ0n) is 9.83. The molecule has 0 aliphatic heterocycles. The number of anilines is 1. The molecule has 1 aromatic rings. The minimum absolute atomic E-state index is 0.219. The zero-order valence-corrected chi connectivity index (χ0v) is 11.4. The lowest BCUT2D eigenvalue weighted by Gasteiger charge is -1.99. The van der Waals surface area contributed by atoms with Gasteiger partial charge in [-0.3, -0.25) is 0 Å². The maximum absolute atomic E-state index is 11.4. The first kappa shape index (κ1) is 12.6. The van der Waals surface area contributed by atoms with Crippen molar-refractivity contribution < 1.29 is 9.53 Å². The Hall–Kier alpha value is -0.810. The van der Waals surface area contributed by atoms with Crippen molar-refractivity contribution in [2.75, 3.05) is 12.4 Å². The van der Waals surface area contributed by atoms with E-state index in [1.807, 2.05) is 0 Å². The van der Waals surface area contributed by atoms with E-state index in [9.17, 15) is 4.79 Å². The minimum Gasteiger partial charge on any atom is -0.465 e. The van der Waals surface area contributed by atoms with Gasteiger partial charge in [0.05, 0.1) is 7.11 Å². The predicted molar refractivity (Wildman–Crippen MR) is 68.9 cm³/mol. The number of nitrogens with zero attached hydrogens (tertiary/aromatic N) is 1. The molecule has 0 radical (unpaired) electrons. The van der Waals surface area contributed by atoms with Crippen LogP contribution in [0.15, 0.2) is 0 Å². The largest absolute Gasteiger partial charge is 0.465 e. The second kappa shape index (κ2) is 5.23. The Morgan fingerprint density at radius 3 is 3.12 bits per heavy atom. The second-order valence-electron chi connectivity index (χ2n) is 4.17. The van der Waals surface area contributed by atoms with Gasteiger partial charge in [0.15, 0.2) is 15.2 Å². The van der Waals surface area contributed by atoms with Crippen molar-refractivity contribution in [3.8, 4) is 0 Å². The van der Waals surface area contributed by atoms with Gasteiger partial charge >= 0.3 is 5.97 Å². The van der Waals surface area contributed by atoms with Gasteiger partial charge in [-0.25, -0.2) is 9.78 Å². The fourth-order valence-corrected chi connectivity index (χ4v) is 3.02. The average Bonchev–Trinajstić information content (AvgIpc) is 2.91. The SMILES string of the molecule is CCCC1CC1Nc1nc(Cl)c(C(=O)OC)s1. The molecule has 4 nitrogen and oxygen atoms in total. The van der Waals surface area contributed by atoms with Crippen molar-refractivity contribution in [3.63, 3.8) is 0 Å². The monoisotopic (exact) mass is 274 g/mol. The van der Waals surface area contributed by atoms with Crippen LogP contribution in [0.5, 0.6) is 0 Å². The fourth-order valence-electron chi connectivity index (χ4n) is 1.85. The maximum Gasteiger partial charge on any atom is 0.351 e. The number of halogens is 1. The van der Waals surface area contributed by atoms with Crippen molar-refractivity contribution in [1.82, 2.24) is 4.98 Å². The molecule has 94 valence electrons. The van der Waals surface area contributed by atoms with E-state index >= 15 is 0 Å². The molecule has 1 aliphatic carbocycles. The first-order chi connectivity index (χ1) is 8.15. The average molecular weight is 275 g/mol. The normalized spacial score (nSPS) is 22.3. The summed E-state index contributed by atoms with van der Waals surface area (Å²) in [6.07, 6.45) is 3.62. The van der Waals surface area contributed by atoms with Gasteiger partial charge in [0, 0.05) is 6.04 Å². The number of ether oxygens (including phenoxy) is 1. The quantitative estimate of drug-likeness (QED) is 0.838. The lowest BCUT2D eigenvalue weighted by atomic mass is 10.2. The Labute approximate surface area is 109 Å². The lowest BCUT2D eigenvalue weighted by Crippen LogP contribution is -2.03. The number of nitrogens with one attached hydrogen (secondary N) is 1. The molecular weight excluding hydrogens is 260 g/mol. The summed E-state index contributed by atoms with van der Waals surface area (Å²) in [6.45, 7) is 2.19. The van der Waals surface area contributed by atoms with Gasteiger partial charge in [-0.2, -0.15) is 0 Å². The molecule has 0 saturated heterocycles. The van der Waals surface area contributed by atoms with Crippen LogP contribution in [-0.4, -0.2) is 24.1 Å². The van der Waals surface area contributed by atoms with Gasteiger partial charge < -0.3 is 10.1 Å². The maximum atomic E-state index is 11.4. The van der Waals surface area contributed by atoms with Crippen molar-refractivity contribution in [2.45, 2.75) is 32.2 Å². The Morgan fingerprint density at radius 1 is 1.71 bits per heavy atom. The highest BCUT2D eigenvalue weighted by molar-refractivity contribution is 7.18. The molecule has 1 aromatic heterocycles. The molecule has 1 fully saturated rings. The van der Waals surface area contributed by atoms with E-state index in [2.05, 4.69) is 22.0 Å². The van der Waals surface area contributed by atoms with Crippen LogP contribution in [0.4, 0.5) is 5.13 Å². The first-order valence-corrected chi connectivity index (χ1v) is 6.86. The summed E-state index contributed by atoms with van der Waals surface area (Å²) in [5.74, 6) is 0.311. The third-order valence-electron chi connectivity index (χ3n) is 2.85. The van der Waals surface area contributed by atoms with Crippen LogP contribution in [0.25, 0.3) is 0 Å². The van der Waals surface area contributed by atoms with E-state index in [0.717, 1.165) is 5.92 Å². The van der Waals surface area contributed by atoms with E-state index in [-0.39, 0.29) is 5.15 Å². The summed E-state index contributed by atoms with van der Waals surface area (Å²) in [4.78, 5) is 15.8. The van der Waals surface area contributed by atoms with Gasteiger partial charge in [-0.1, -0.05) is 36.3 Å². The molecule has 2 unspecified atom stereocenters. The number of carbonyl (C=O) groups is 1. The molecule has 1 heterocycles. The molecule has 0 aromatic carbocycles. The van der Waals surface area contributed by atoms with Crippen molar-refractivity contribution in [1.29, 1.82) is 0 Å². The van der Waals surface area contributed by atoms with Gasteiger partial charge in [-0.15, -0.1) is 0 Å². The number of carbonyl (C=O) groups excluding carboxylic acids is 1. The van der Waals surface area contributed by atoms with Crippen LogP contribution in [0, 0.1) is 5.92 Å². The summed E-state index contributed by atoms with van der Waals surface area (Å²) in [7, 11) is 1.34. The highest BCUT2D eigenvalue weighted by Crippen LogP contribution is 2.39. The number of esters is 1. The number of hydrogen-bond donors (Lipinski definition) is 1. The second-order valence-corrected chi connectivity index (χ2v) is 5.52. The standard InChI is InChI=1S/C11H15ClN2O2S/c1-3-4-6-5-7(6)13-11-14-9(12)8(17-11)10(15)16-2/h6-7H,3-5H2,1-2H3,(H,13,14). The van der Waals surface area contributed by atoms with Crippen molar-refractivity contribution >= 4 is 34.0 Å². The molecule has 1 N–H and O–H groups in total. The molecule has 1 saturated carbocycles.